The first-order valence-electron chi connectivity index (χ1n) is 8.93. The van der Waals surface area contributed by atoms with Crippen LogP contribution in [0.2, 0.25) is 0 Å². The van der Waals surface area contributed by atoms with Crippen molar-refractivity contribution in [3.8, 4) is 5.75 Å². The SMILES string of the molecule is C[C]C(C)(C)c1c(C)c(C(C)(C)C)c(O)c2c1CCCC2(C)C. The molecule has 1 N–H and O–H groups in total. The van der Waals surface area contributed by atoms with Gasteiger partial charge in [0, 0.05) is 11.1 Å². The van der Waals surface area contributed by atoms with Gasteiger partial charge in [-0.05, 0) is 65.5 Å². The number of benzene rings is 1. The number of phenolic OH excluding ortho intramolecular Hbond substituents is 1. The second-order valence-electron chi connectivity index (χ2n) is 9.44. The fourth-order valence-corrected chi connectivity index (χ4v) is 4.62. The average Bonchev–Trinajstić information content (AvgIpc) is 2.35. The van der Waals surface area contributed by atoms with E-state index in [0.717, 1.165) is 18.4 Å². The molecule has 1 aliphatic carbocycles. The largest absolute Gasteiger partial charge is 0.507 e. The van der Waals surface area contributed by atoms with Gasteiger partial charge in [0.05, 0.1) is 0 Å². The van der Waals surface area contributed by atoms with Crippen molar-refractivity contribution in [2.75, 3.05) is 0 Å². The highest BCUT2D eigenvalue weighted by Gasteiger charge is 2.39. The van der Waals surface area contributed by atoms with E-state index in [9.17, 15) is 5.11 Å². The third-order valence-electron chi connectivity index (χ3n) is 5.73. The Labute approximate surface area is 143 Å². The van der Waals surface area contributed by atoms with Crippen molar-refractivity contribution in [1.29, 1.82) is 0 Å². The Morgan fingerprint density at radius 3 is 2.09 bits per heavy atom. The van der Waals surface area contributed by atoms with E-state index in [1.54, 1.807) is 0 Å². The molecule has 1 heteroatoms. The summed E-state index contributed by atoms with van der Waals surface area (Å²) in [5, 5.41) is 11.2. The standard InChI is InChI=1S/C22H34O/c1-10-21(6,7)16-14(2)17(20(3,4)5)19(23)18-15(16)12-11-13-22(18,8)9/h23H,11-13H2,1-9H3. The third kappa shape index (κ3) is 2.92. The van der Waals surface area contributed by atoms with E-state index < -0.39 is 0 Å². The number of phenols is 1. The quantitative estimate of drug-likeness (QED) is 0.710. The lowest BCUT2D eigenvalue weighted by Crippen LogP contribution is -2.32. The molecule has 0 aromatic heterocycles. The molecule has 0 atom stereocenters. The van der Waals surface area contributed by atoms with Crippen molar-refractivity contribution in [2.45, 2.75) is 97.8 Å². The highest BCUT2D eigenvalue weighted by Crippen LogP contribution is 2.51. The van der Waals surface area contributed by atoms with Gasteiger partial charge < -0.3 is 5.11 Å². The summed E-state index contributed by atoms with van der Waals surface area (Å²) in [4.78, 5) is 0. The molecule has 0 saturated carbocycles. The van der Waals surface area contributed by atoms with Crippen LogP contribution in [-0.2, 0) is 22.7 Å². The molecule has 0 unspecified atom stereocenters. The Hall–Kier alpha value is -0.980. The van der Waals surface area contributed by atoms with Crippen LogP contribution in [0.25, 0.3) is 0 Å². The van der Waals surface area contributed by atoms with E-state index in [2.05, 4.69) is 61.8 Å². The van der Waals surface area contributed by atoms with Crippen molar-refractivity contribution in [3.63, 3.8) is 0 Å². The van der Waals surface area contributed by atoms with E-state index >= 15 is 0 Å². The zero-order valence-electron chi connectivity index (χ0n) is 16.6. The van der Waals surface area contributed by atoms with Crippen LogP contribution in [0.1, 0.15) is 96.0 Å². The van der Waals surface area contributed by atoms with Crippen LogP contribution >= 0.6 is 0 Å². The predicted octanol–water partition coefficient (Wildman–Crippen LogP) is 5.99. The van der Waals surface area contributed by atoms with Gasteiger partial charge in [-0.2, -0.15) is 0 Å². The van der Waals surface area contributed by atoms with Crippen molar-refractivity contribution in [3.05, 3.63) is 34.2 Å². The Morgan fingerprint density at radius 1 is 1.04 bits per heavy atom. The Bertz CT molecular complexity index is 612. The van der Waals surface area contributed by atoms with Crippen molar-refractivity contribution in [2.24, 2.45) is 0 Å². The van der Waals surface area contributed by atoms with Crippen molar-refractivity contribution < 1.29 is 5.11 Å². The fraction of sp³-hybridized carbons (Fsp3) is 0.682. The maximum absolute atomic E-state index is 11.2. The Balaban J connectivity index is 2.99. The molecular formula is C22H34O. The van der Waals surface area contributed by atoms with E-state index in [1.807, 2.05) is 6.92 Å². The summed E-state index contributed by atoms with van der Waals surface area (Å²) < 4.78 is 0. The number of fused-ring (bicyclic) bond motifs is 1. The molecule has 0 heterocycles. The summed E-state index contributed by atoms with van der Waals surface area (Å²) >= 11 is 0. The van der Waals surface area contributed by atoms with E-state index in [-0.39, 0.29) is 16.2 Å². The molecule has 0 fully saturated rings. The van der Waals surface area contributed by atoms with Gasteiger partial charge in [-0.3, -0.25) is 0 Å². The van der Waals surface area contributed by atoms with Crippen LogP contribution in [-0.4, -0.2) is 5.11 Å². The molecule has 23 heavy (non-hydrogen) atoms. The van der Waals surface area contributed by atoms with Crippen LogP contribution in [0.15, 0.2) is 0 Å². The lowest BCUT2D eigenvalue weighted by molar-refractivity contribution is 0.375. The maximum atomic E-state index is 11.2. The van der Waals surface area contributed by atoms with Crippen LogP contribution in [0.4, 0.5) is 0 Å². The average molecular weight is 315 g/mol. The lowest BCUT2D eigenvalue weighted by Gasteiger charge is -2.41. The van der Waals surface area contributed by atoms with Crippen LogP contribution < -0.4 is 0 Å². The molecule has 1 aliphatic rings. The zero-order valence-corrected chi connectivity index (χ0v) is 16.6. The molecule has 0 aliphatic heterocycles. The minimum atomic E-state index is -0.102. The number of aromatic hydroxyl groups is 1. The monoisotopic (exact) mass is 314 g/mol. The van der Waals surface area contributed by atoms with Gasteiger partial charge in [0.2, 0.25) is 0 Å². The molecule has 0 saturated heterocycles. The Morgan fingerprint density at radius 2 is 1.61 bits per heavy atom. The molecule has 128 valence electrons. The number of rotatable bonds is 2. The van der Waals surface area contributed by atoms with Gasteiger partial charge >= 0.3 is 0 Å². The van der Waals surface area contributed by atoms with Gasteiger partial charge in [0.25, 0.3) is 0 Å². The summed E-state index contributed by atoms with van der Waals surface area (Å²) in [7, 11) is 0. The van der Waals surface area contributed by atoms with E-state index in [1.165, 1.54) is 28.7 Å². The molecule has 1 aromatic carbocycles. The van der Waals surface area contributed by atoms with Gasteiger partial charge in [-0.15, -0.1) is 0 Å². The van der Waals surface area contributed by atoms with Crippen LogP contribution in [0.3, 0.4) is 0 Å². The lowest BCUT2D eigenvalue weighted by atomic mass is 9.63. The summed E-state index contributed by atoms with van der Waals surface area (Å²) in [5.41, 5.74) is 6.19. The summed E-state index contributed by atoms with van der Waals surface area (Å²) in [6.07, 6.45) is 6.89. The third-order valence-corrected chi connectivity index (χ3v) is 5.73. The van der Waals surface area contributed by atoms with Gasteiger partial charge in [0.1, 0.15) is 5.75 Å². The van der Waals surface area contributed by atoms with Gasteiger partial charge in [-0.1, -0.05) is 55.4 Å². The first kappa shape index (κ1) is 18.4. The minimum absolute atomic E-state index is 0.0317. The molecule has 0 amide bonds. The molecule has 2 rings (SSSR count). The highest BCUT2D eigenvalue weighted by molar-refractivity contribution is 5.62. The molecule has 0 spiro atoms. The molecule has 0 bridgehead atoms. The first-order valence-corrected chi connectivity index (χ1v) is 8.93. The second kappa shape index (κ2) is 5.53. The second-order valence-corrected chi connectivity index (χ2v) is 9.44. The fourth-order valence-electron chi connectivity index (χ4n) is 4.62. The summed E-state index contributed by atoms with van der Waals surface area (Å²) in [5.74, 6) is 0.547. The topological polar surface area (TPSA) is 20.2 Å². The van der Waals surface area contributed by atoms with E-state index in [4.69, 9.17) is 0 Å². The number of hydrogen-bond acceptors (Lipinski definition) is 1. The summed E-state index contributed by atoms with van der Waals surface area (Å²) in [6.45, 7) is 19.9. The molecule has 2 radical (unpaired) electrons. The van der Waals surface area contributed by atoms with Crippen LogP contribution in [0.5, 0.6) is 5.75 Å². The molecule has 1 aromatic rings. The summed E-state index contributed by atoms with van der Waals surface area (Å²) in [6, 6.07) is 0. The maximum Gasteiger partial charge on any atom is 0.123 e. The normalized spacial score (nSPS) is 18.0. The van der Waals surface area contributed by atoms with Crippen LogP contribution in [0, 0.1) is 13.3 Å². The smallest absolute Gasteiger partial charge is 0.123 e. The van der Waals surface area contributed by atoms with Gasteiger partial charge in [-0.25, -0.2) is 0 Å². The highest BCUT2D eigenvalue weighted by atomic mass is 16.3. The first-order chi connectivity index (χ1) is 10.3. The number of hydrogen-bond donors (Lipinski definition) is 1. The predicted molar refractivity (Wildman–Crippen MR) is 99.5 cm³/mol. The van der Waals surface area contributed by atoms with Crippen molar-refractivity contribution in [1.82, 2.24) is 0 Å². The van der Waals surface area contributed by atoms with Gasteiger partial charge in [0.15, 0.2) is 0 Å². The van der Waals surface area contributed by atoms with E-state index in [0.29, 0.717) is 5.75 Å². The van der Waals surface area contributed by atoms with Crippen molar-refractivity contribution >= 4 is 0 Å². The Kier molecular flexibility index (Phi) is 4.42. The molecular weight excluding hydrogens is 280 g/mol. The minimum Gasteiger partial charge on any atom is -0.507 e. The zero-order chi connectivity index (χ0) is 17.8. The molecule has 1 nitrogen and oxygen atoms in total.